The molecule has 0 aromatic heterocycles. The summed E-state index contributed by atoms with van der Waals surface area (Å²) in [6.45, 7) is 4.67. The van der Waals surface area contributed by atoms with Gasteiger partial charge in [0.1, 0.15) is 0 Å². The maximum atomic E-state index is 12.5. The van der Waals surface area contributed by atoms with Crippen molar-refractivity contribution in [3.8, 4) is 0 Å². The summed E-state index contributed by atoms with van der Waals surface area (Å²) in [5, 5.41) is 3.48. The molecular formula is C15H19Cl2N3O2. The van der Waals surface area contributed by atoms with Gasteiger partial charge in [0.2, 0.25) is 0 Å². The molecule has 1 aromatic carbocycles. The molecule has 22 heavy (non-hydrogen) atoms. The second-order valence-corrected chi connectivity index (χ2v) is 5.90. The molecule has 3 amide bonds. The smallest absolute Gasteiger partial charge is 0.317 e. The number of rotatable bonds is 3. The van der Waals surface area contributed by atoms with Crippen molar-refractivity contribution in [1.29, 1.82) is 0 Å². The number of nitrogens with one attached hydrogen (secondary N) is 1. The number of hydrogen-bond donors (Lipinski definition) is 1. The van der Waals surface area contributed by atoms with E-state index in [0.717, 1.165) is 6.42 Å². The molecule has 1 aliphatic heterocycles. The van der Waals surface area contributed by atoms with E-state index in [1.807, 2.05) is 6.92 Å². The van der Waals surface area contributed by atoms with Crippen molar-refractivity contribution in [2.24, 2.45) is 0 Å². The molecule has 0 bridgehead atoms. The normalized spacial score (nSPS) is 14.9. The van der Waals surface area contributed by atoms with Crippen molar-refractivity contribution < 1.29 is 9.59 Å². The van der Waals surface area contributed by atoms with Gasteiger partial charge < -0.3 is 15.1 Å². The second kappa shape index (κ2) is 7.70. The highest BCUT2D eigenvalue weighted by molar-refractivity contribution is 6.43. The Morgan fingerprint density at radius 1 is 1.14 bits per heavy atom. The molecule has 1 heterocycles. The molecule has 1 saturated heterocycles. The van der Waals surface area contributed by atoms with E-state index >= 15 is 0 Å². The Balaban J connectivity index is 1.95. The summed E-state index contributed by atoms with van der Waals surface area (Å²) >= 11 is 12.0. The van der Waals surface area contributed by atoms with Crippen LogP contribution < -0.4 is 5.32 Å². The molecule has 1 fully saturated rings. The molecule has 7 heteroatoms. The first kappa shape index (κ1) is 16.9. The van der Waals surface area contributed by atoms with E-state index in [1.54, 1.807) is 28.0 Å². The molecular weight excluding hydrogens is 325 g/mol. The fourth-order valence-electron chi connectivity index (χ4n) is 2.30. The predicted octanol–water partition coefficient (Wildman–Crippen LogP) is 2.87. The van der Waals surface area contributed by atoms with Crippen LogP contribution in [0.4, 0.5) is 4.79 Å². The monoisotopic (exact) mass is 343 g/mol. The van der Waals surface area contributed by atoms with Gasteiger partial charge in [-0.2, -0.15) is 0 Å². The van der Waals surface area contributed by atoms with E-state index < -0.39 is 0 Å². The van der Waals surface area contributed by atoms with Crippen molar-refractivity contribution in [3.63, 3.8) is 0 Å². The van der Waals surface area contributed by atoms with Gasteiger partial charge in [0.15, 0.2) is 0 Å². The van der Waals surface area contributed by atoms with Gasteiger partial charge in [-0.25, -0.2) is 4.79 Å². The number of urea groups is 1. The van der Waals surface area contributed by atoms with Crippen LogP contribution in [0.25, 0.3) is 0 Å². The van der Waals surface area contributed by atoms with Crippen LogP contribution in [-0.4, -0.2) is 54.5 Å². The lowest BCUT2D eigenvalue weighted by Gasteiger charge is -2.34. The highest BCUT2D eigenvalue weighted by atomic mass is 35.5. The van der Waals surface area contributed by atoms with E-state index in [-0.39, 0.29) is 17.0 Å². The average molecular weight is 344 g/mol. The van der Waals surface area contributed by atoms with Gasteiger partial charge in [0, 0.05) is 32.7 Å². The van der Waals surface area contributed by atoms with Gasteiger partial charge >= 0.3 is 6.03 Å². The Kier molecular flexibility index (Phi) is 5.91. The predicted molar refractivity (Wildman–Crippen MR) is 87.6 cm³/mol. The summed E-state index contributed by atoms with van der Waals surface area (Å²) in [5.74, 6) is -0.152. The lowest BCUT2D eigenvalue weighted by Crippen LogP contribution is -2.53. The molecule has 2 rings (SSSR count). The third kappa shape index (κ3) is 3.84. The first-order valence-corrected chi connectivity index (χ1v) is 8.06. The summed E-state index contributed by atoms with van der Waals surface area (Å²) in [7, 11) is 0. The van der Waals surface area contributed by atoms with Crippen LogP contribution in [0.3, 0.4) is 0 Å². The summed E-state index contributed by atoms with van der Waals surface area (Å²) < 4.78 is 0. The highest BCUT2D eigenvalue weighted by Crippen LogP contribution is 2.26. The molecule has 1 aliphatic rings. The average Bonchev–Trinajstić information content (AvgIpc) is 2.54. The second-order valence-electron chi connectivity index (χ2n) is 5.11. The lowest BCUT2D eigenvalue weighted by atomic mass is 10.2. The van der Waals surface area contributed by atoms with Crippen LogP contribution in [-0.2, 0) is 0 Å². The summed E-state index contributed by atoms with van der Waals surface area (Å²) in [5.41, 5.74) is 0.401. The number of carbonyl (C=O) groups is 2. The van der Waals surface area contributed by atoms with Gasteiger partial charge in [-0.3, -0.25) is 4.79 Å². The van der Waals surface area contributed by atoms with Crippen LogP contribution in [0, 0.1) is 0 Å². The number of hydrogen-bond acceptors (Lipinski definition) is 2. The zero-order valence-electron chi connectivity index (χ0n) is 12.4. The molecule has 1 N–H and O–H groups in total. The van der Waals surface area contributed by atoms with Gasteiger partial charge in [-0.05, 0) is 18.6 Å². The molecule has 120 valence electrons. The maximum Gasteiger partial charge on any atom is 0.317 e. The SMILES string of the molecule is CCCNC(=O)N1CCN(C(=O)c2cccc(Cl)c2Cl)CC1. The quantitative estimate of drug-likeness (QED) is 0.917. The molecule has 0 atom stereocenters. The Labute approximate surface area is 140 Å². The number of halogens is 2. The Bertz CT molecular complexity index is 558. The van der Waals surface area contributed by atoms with E-state index in [4.69, 9.17) is 23.2 Å². The van der Waals surface area contributed by atoms with Crippen molar-refractivity contribution in [2.75, 3.05) is 32.7 Å². The first-order valence-electron chi connectivity index (χ1n) is 7.30. The minimum absolute atomic E-state index is 0.0743. The van der Waals surface area contributed by atoms with Gasteiger partial charge in [-0.1, -0.05) is 36.2 Å². The molecule has 5 nitrogen and oxygen atoms in total. The zero-order chi connectivity index (χ0) is 16.1. The molecule has 0 spiro atoms. The third-order valence-corrected chi connectivity index (χ3v) is 4.38. The fraction of sp³-hybridized carbons (Fsp3) is 0.467. The molecule has 1 aromatic rings. The zero-order valence-corrected chi connectivity index (χ0v) is 14.0. The number of nitrogens with zero attached hydrogens (tertiary/aromatic N) is 2. The topological polar surface area (TPSA) is 52.7 Å². The van der Waals surface area contributed by atoms with Crippen LogP contribution in [0.15, 0.2) is 18.2 Å². The van der Waals surface area contributed by atoms with Crippen molar-refractivity contribution in [1.82, 2.24) is 15.1 Å². The summed E-state index contributed by atoms with van der Waals surface area (Å²) in [6.07, 6.45) is 0.900. The van der Waals surface area contributed by atoms with E-state index in [0.29, 0.717) is 43.3 Å². The van der Waals surface area contributed by atoms with Gasteiger partial charge in [-0.15, -0.1) is 0 Å². The fourth-order valence-corrected chi connectivity index (χ4v) is 2.68. The number of carbonyl (C=O) groups excluding carboxylic acids is 2. The molecule has 0 radical (unpaired) electrons. The van der Waals surface area contributed by atoms with E-state index in [1.165, 1.54) is 0 Å². The summed E-state index contributed by atoms with van der Waals surface area (Å²) in [6, 6.07) is 4.94. The number of piperazine rings is 1. The first-order chi connectivity index (χ1) is 10.5. The van der Waals surface area contributed by atoms with Gasteiger partial charge in [0.05, 0.1) is 15.6 Å². The Hall–Kier alpha value is -1.46. The van der Waals surface area contributed by atoms with Crippen LogP contribution in [0.2, 0.25) is 10.0 Å². The van der Waals surface area contributed by atoms with Crippen molar-refractivity contribution >= 4 is 35.1 Å². The molecule has 0 saturated carbocycles. The van der Waals surface area contributed by atoms with Crippen molar-refractivity contribution in [2.45, 2.75) is 13.3 Å². The standard InChI is InChI=1S/C15H19Cl2N3O2/c1-2-6-18-15(22)20-9-7-19(8-10-20)14(21)11-4-3-5-12(16)13(11)17/h3-5H,2,6-10H2,1H3,(H,18,22). The van der Waals surface area contributed by atoms with Gasteiger partial charge in [0.25, 0.3) is 5.91 Å². The molecule has 0 aliphatic carbocycles. The number of amides is 3. The van der Waals surface area contributed by atoms with Crippen LogP contribution in [0.5, 0.6) is 0 Å². The largest absolute Gasteiger partial charge is 0.338 e. The van der Waals surface area contributed by atoms with E-state index in [2.05, 4.69) is 5.32 Å². The van der Waals surface area contributed by atoms with E-state index in [9.17, 15) is 9.59 Å². The summed E-state index contributed by atoms with van der Waals surface area (Å²) in [4.78, 5) is 27.8. The Morgan fingerprint density at radius 3 is 2.41 bits per heavy atom. The van der Waals surface area contributed by atoms with Crippen molar-refractivity contribution in [3.05, 3.63) is 33.8 Å². The van der Waals surface area contributed by atoms with Crippen LogP contribution in [0.1, 0.15) is 23.7 Å². The maximum absolute atomic E-state index is 12.5. The number of benzene rings is 1. The minimum atomic E-state index is -0.152. The minimum Gasteiger partial charge on any atom is -0.338 e. The highest BCUT2D eigenvalue weighted by Gasteiger charge is 2.26. The molecule has 0 unspecified atom stereocenters. The lowest BCUT2D eigenvalue weighted by molar-refractivity contribution is 0.0665. The Morgan fingerprint density at radius 2 is 1.77 bits per heavy atom. The van der Waals surface area contributed by atoms with Crippen LogP contribution >= 0.6 is 23.2 Å². The third-order valence-electron chi connectivity index (χ3n) is 3.56.